The molecule has 1 aromatic heterocycles. The maximum absolute atomic E-state index is 12.7. The van der Waals surface area contributed by atoms with Gasteiger partial charge < -0.3 is 19.5 Å². The van der Waals surface area contributed by atoms with Crippen LogP contribution in [-0.2, 0) is 14.3 Å². The number of rotatable bonds is 7. The number of fused-ring (bicyclic) bond motifs is 1. The minimum Gasteiger partial charge on any atom is -0.494 e. The number of carbonyl (C=O) groups is 1. The number of aromatic nitrogens is 4. The summed E-state index contributed by atoms with van der Waals surface area (Å²) < 4.78 is 17.3. The van der Waals surface area contributed by atoms with Gasteiger partial charge in [0.25, 0.3) is 0 Å². The molecule has 0 bridgehead atoms. The molecular formula is C17H21N5O4. The number of nitrogens with zero attached hydrogens (tertiary/aromatic N) is 4. The van der Waals surface area contributed by atoms with E-state index in [9.17, 15) is 4.79 Å². The second-order valence-electron chi connectivity index (χ2n) is 5.64. The number of methoxy groups -OCH3 is 1. The van der Waals surface area contributed by atoms with Gasteiger partial charge in [0.1, 0.15) is 18.4 Å². The molecule has 0 amide bonds. The molecule has 1 unspecified atom stereocenters. The molecule has 2 aromatic rings. The third-order valence-electron chi connectivity index (χ3n) is 3.96. The minimum atomic E-state index is -0.494. The summed E-state index contributed by atoms with van der Waals surface area (Å²) in [6.07, 6.45) is 0. The lowest BCUT2D eigenvalue weighted by atomic mass is 9.96. The Hall–Kier alpha value is -2.94. The number of anilines is 1. The predicted octanol–water partition coefficient (Wildman–Crippen LogP) is 1.55. The van der Waals surface area contributed by atoms with Gasteiger partial charge >= 0.3 is 5.97 Å². The number of benzene rings is 1. The predicted molar refractivity (Wildman–Crippen MR) is 92.7 cm³/mol. The molecule has 26 heavy (non-hydrogen) atoms. The van der Waals surface area contributed by atoms with Crippen LogP contribution in [0.2, 0.25) is 0 Å². The molecule has 1 aliphatic rings. The molecule has 1 atom stereocenters. The van der Waals surface area contributed by atoms with E-state index in [4.69, 9.17) is 14.2 Å². The lowest BCUT2D eigenvalue weighted by Crippen LogP contribution is -2.30. The lowest BCUT2D eigenvalue weighted by molar-refractivity contribution is -0.140. The van der Waals surface area contributed by atoms with Gasteiger partial charge in [-0.3, -0.25) is 0 Å². The monoisotopic (exact) mass is 359 g/mol. The summed E-state index contributed by atoms with van der Waals surface area (Å²) in [5.74, 6) is 0.786. The third-order valence-corrected chi connectivity index (χ3v) is 3.96. The van der Waals surface area contributed by atoms with Crippen LogP contribution in [0.3, 0.4) is 0 Å². The van der Waals surface area contributed by atoms with Gasteiger partial charge in [-0.1, -0.05) is 17.2 Å². The highest BCUT2D eigenvalue weighted by atomic mass is 16.6. The first-order valence-electron chi connectivity index (χ1n) is 8.30. The molecule has 0 spiro atoms. The van der Waals surface area contributed by atoms with Crippen molar-refractivity contribution in [1.82, 2.24) is 20.2 Å². The topological polar surface area (TPSA) is 100 Å². The van der Waals surface area contributed by atoms with Crippen LogP contribution in [0.25, 0.3) is 0 Å². The highest BCUT2D eigenvalue weighted by Crippen LogP contribution is 2.35. The normalized spacial score (nSPS) is 16.0. The maximum Gasteiger partial charge on any atom is 0.338 e. The van der Waals surface area contributed by atoms with Crippen LogP contribution in [0.4, 0.5) is 5.95 Å². The second kappa shape index (κ2) is 7.96. The summed E-state index contributed by atoms with van der Waals surface area (Å²) >= 11 is 0. The van der Waals surface area contributed by atoms with Crippen molar-refractivity contribution in [2.45, 2.75) is 19.9 Å². The first-order valence-corrected chi connectivity index (χ1v) is 8.30. The van der Waals surface area contributed by atoms with Crippen LogP contribution >= 0.6 is 0 Å². The quantitative estimate of drug-likeness (QED) is 0.587. The first-order chi connectivity index (χ1) is 12.7. The van der Waals surface area contributed by atoms with Crippen molar-refractivity contribution in [2.75, 3.05) is 32.2 Å². The number of tetrazole rings is 1. The first kappa shape index (κ1) is 17.9. The van der Waals surface area contributed by atoms with Crippen molar-refractivity contribution in [3.63, 3.8) is 0 Å². The van der Waals surface area contributed by atoms with E-state index >= 15 is 0 Å². The Balaban J connectivity index is 1.96. The standard InChI is InChI=1S/C17H21N5O4/c1-4-25-13-7-5-12(6-8-13)15-14(16(23)26-10-9-24-3)11(2)18-17-19-20-21-22(15)17/h5-8,15H,4,9-10H2,1-3H3,(H,18,19,21). The summed E-state index contributed by atoms with van der Waals surface area (Å²) in [6, 6.07) is 7.00. The summed E-state index contributed by atoms with van der Waals surface area (Å²) in [5.41, 5.74) is 1.94. The zero-order chi connectivity index (χ0) is 18.5. The molecule has 0 radical (unpaired) electrons. The Morgan fingerprint density at radius 3 is 2.73 bits per heavy atom. The molecule has 0 saturated heterocycles. The molecule has 1 N–H and O–H groups in total. The van der Waals surface area contributed by atoms with Gasteiger partial charge in [0.15, 0.2) is 0 Å². The van der Waals surface area contributed by atoms with E-state index in [0.29, 0.717) is 30.4 Å². The Morgan fingerprint density at radius 2 is 2.04 bits per heavy atom. The zero-order valence-corrected chi connectivity index (χ0v) is 14.9. The van der Waals surface area contributed by atoms with Crippen molar-refractivity contribution in [2.24, 2.45) is 0 Å². The maximum atomic E-state index is 12.7. The van der Waals surface area contributed by atoms with Crippen LogP contribution in [0.1, 0.15) is 25.5 Å². The summed E-state index contributed by atoms with van der Waals surface area (Å²) in [5, 5.41) is 14.7. The van der Waals surface area contributed by atoms with Gasteiger partial charge in [-0.15, -0.1) is 0 Å². The van der Waals surface area contributed by atoms with E-state index in [0.717, 1.165) is 11.3 Å². The smallest absolute Gasteiger partial charge is 0.338 e. The Morgan fingerprint density at radius 1 is 1.27 bits per heavy atom. The number of carbonyl (C=O) groups excluding carboxylic acids is 1. The molecule has 0 aliphatic carbocycles. The van der Waals surface area contributed by atoms with E-state index in [1.165, 1.54) is 0 Å². The summed E-state index contributed by atoms with van der Waals surface area (Å²) in [6.45, 7) is 4.81. The molecule has 9 nitrogen and oxygen atoms in total. The zero-order valence-electron chi connectivity index (χ0n) is 14.9. The molecule has 138 valence electrons. The number of hydrogen-bond acceptors (Lipinski definition) is 8. The fourth-order valence-electron chi connectivity index (χ4n) is 2.79. The van der Waals surface area contributed by atoms with Gasteiger partial charge in [-0.25, -0.2) is 4.79 Å². The lowest BCUT2D eigenvalue weighted by Gasteiger charge is -2.27. The van der Waals surface area contributed by atoms with Crippen molar-refractivity contribution >= 4 is 11.9 Å². The van der Waals surface area contributed by atoms with Crippen LogP contribution in [0.5, 0.6) is 5.75 Å². The van der Waals surface area contributed by atoms with E-state index in [1.807, 2.05) is 31.2 Å². The highest BCUT2D eigenvalue weighted by molar-refractivity contribution is 5.92. The number of ether oxygens (including phenoxy) is 3. The van der Waals surface area contributed by atoms with Crippen molar-refractivity contribution in [3.8, 4) is 5.75 Å². The van der Waals surface area contributed by atoms with Crippen LogP contribution in [-0.4, -0.2) is 53.1 Å². The molecular weight excluding hydrogens is 338 g/mol. The number of allylic oxidation sites excluding steroid dienone is 1. The van der Waals surface area contributed by atoms with Gasteiger partial charge in [0, 0.05) is 12.8 Å². The molecule has 2 heterocycles. The van der Waals surface area contributed by atoms with E-state index in [1.54, 1.807) is 18.7 Å². The Kier molecular flexibility index (Phi) is 5.47. The fourth-order valence-corrected chi connectivity index (χ4v) is 2.79. The third kappa shape index (κ3) is 3.52. The van der Waals surface area contributed by atoms with Crippen LogP contribution in [0, 0.1) is 0 Å². The van der Waals surface area contributed by atoms with Crippen molar-refractivity contribution in [1.29, 1.82) is 0 Å². The molecule has 9 heteroatoms. The number of esters is 1. The van der Waals surface area contributed by atoms with Crippen molar-refractivity contribution in [3.05, 3.63) is 41.1 Å². The molecule has 0 saturated carbocycles. The molecule has 0 fully saturated rings. The van der Waals surface area contributed by atoms with E-state index < -0.39 is 12.0 Å². The molecule has 1 aromatic carbocycles. The van der Waals surface area contributed by atoms with Crippen LogP contribution in [0.15, 0.2) is 35.5 Å². The van der Waals surface area contributed by atoms with Gasteiger partial charge in [-0.05, 0) is 42.0 Å². The van der Waals surface area contributed by atoms with E-state index in [-0.39, 0.29) is 6.61 Å². The Labute approximate surface area is 150 Å². The summed E-state index contributed by atoms with van der Waals surface area (Å²) in [4.78, 5) is 12.7. The number of nitrogens with one attached hydrogen (secondary N) is 1. The average molecular weight is 359 g/mol. The molecule has 3 rings (SSSR count). The second-order valence-corrected chi connectivity index (χ2v) is 5.64. The number of hydrogen-bond donors (Lipinski definition) is 1. The average Bonchev–Trinajstić information content (AvgIpc) is 3.09. The van der Waals surface area contributed by atoms with Gasteiger partial charge in [0.2, 0.25) is 5.95 Å². The molecule has 1 aliphatic heterocycles. The fraction of sp³-hybridized carbons (Fsp3) is 0.412. The highest BCUT2D eigenvalue weighted by Gasteiger charge is 2.34. The van der Waals surface area contributed by atoms with Crippen LogP contribution < -0.4 is 10.1 Å². The minimum absolute atomic E-state index is 0.171. The largest absolute Gasteiger partial charge is 0.494 e. The van der Waals surface area contributed by atoms with Crippen molar-refractivity contribution < 1.29 is 19.0 Å². The SMILES string of the molecule is CCOc1ccc(C2C(C(=O)OCCOC)=C(C)Nc3nnnn32)cc1. The van der Waals surface area contributed by atoms with E-state index in [2.05, 4.69) is 20.8 Å². The van der Waals surface area contributed by atoms with Gasteiger partial charge in [-0.2, -0.15) is 4.68 Å². The Bertz CT molecular complexity index is 800. The van der Waals surface area contributed by atoms with Gasteiger partial charge in [0.05, 0.1) is 18.8 Å². The summed E-state index contributed by atoms with van der Waals surface area (Å²) in [7, 11) is 1.55.